The van der Waals surface area contributed by atoms with Crippen LogP contribution in [0.5, 0.6) is 0 Å². The minimum atomic E-state index is -0.774. The lowest BCUT2D eigenvalue weighted by atomic mass is 9.75. The van der Waals surface area contributed by atoms with Gasteiger partial charge in [-0.05, 0) is 68.7 Å². The average Bonchev–Trinajstić information content (AvgIpc) is 3.28. The zero-order valence-corrected chi connectivity index (χ0v) is 24.0. The summed E-state index contributed by atoms with van der Waals surface area (Å²) in [4.78, 5) is 39.6. The number of aryl methyl sites for hydroxylation is 1. The zero-order chi connectivity index (χ0) is 27.7. The molecule has 11 heteroatoms. The number of benzene rings is 1. The van der Waals surface area contributed by atoms with Crippen molar-refractivity contribution in [3.8, 4) is 0 Å². The van der Waals surface area contributed by atoms with Crippen LogP contribution in [0, 0.1) is 18.8 Å². The second-order valence-electron chi connectivity index (χ2n) is 11.0. The predicted octanol–water partition coefficient (Wildman–Crippen LogP) is 4.49. The van der Waals surface area contributed by atoms with E-state index in [1.165, 1.54) is 0 Å². The van der Waals surface area contributed by atoms with E-state index in [9.17, 15) is 14.7 Å². The van der Waals surface area contributed by atoms with Crippen LogP contribution in [0.25, 0.3) is 0 Å². The normalized spacial score (nSPS) is 23.1. The first-order valence-electron chi connectivity index (χ1n) is 13.8. The highest BCUT2D eigenvalue weighted by Crippen LogP contribution is 2.37. The van der Waals surface area contributed by atoms with Gasteiger partial charge >= 0.3 is 5.97 Å². The molecular formula is C28H36Cl2N6O3. The number of amides is 1. The van der Waals surface area contributed by atoms with Crippen molar-refractivity contribution in [1.82, 2.24) is 19.8 Å². The fourth-order valence-corrected chi connectivity index (χ4v) is 6.74. The molecule has 1 aromatic heterocycles. The Bertz CT molecular complexity index is 1220. The molecule has 210 valence electrons. The number of hydrogen-bond acceptors (Lipinski definition) is 7. The maximum absolute atomic E-state index is 12.4. The lowest BCUT2D eigenvalue weighted by Crippen LogP contribution is -2.60. The van der Waals surface area contributed by atoms with E-state index in [4.69, 9.17) is 28.2 Å². The first kappa shape index (κ1) is 27.9. The molecule has 3 saturated heterocycles. The van der Waals surface area contributed by atoms with E-state index < -0.39 is 12.0 Å². The summed E-state index contributed by atoms with van der Waals surface area (Å²) in [5, 5.41) is 14.6. The molecule has 3 aliphatic heterocycles. The summed E-state index contributed by atoms with van der Waals surface area (Å²) in [6.45, 7) is 8.16. The second-order valence-corrected chi connectivity index (χ2v) is 11.8. The quantitative estimate of drug-likeness (QED) is 0.451. The summed E-state index contributed by atoms with van der Waals surface area (Å²) < 4.78 is 0. The highest BCUT2D eigenvalue weighted by Gasteiger charge is 2.45. The highest BCUT2D eigenvalue weighted by atomic mass is 35.5. The third kappa shape index (κ3) is 6.10. The Kier molecular flexibility index (Phi) is 8.49. The summed E-state index contributed by atoms with van der Waals surface area (Å²) in [5.41, 5.74) is 2.05. The van der Waals surface area contributed by atoms with E-state index in [0.29, 0.717) is 54.4 Å². The molecule has 2 aromatic rings. The molecule has 0 radical (unpaired) electrons. The Morgan fingerprint density at radius 2 is 1.97 bits per heavy atom. The van der Waals surface area contributed by atoms with Gasteiger partial charge in [-0.1, -0.05) is 35.3 Å². The molecule has 3 atom stereocenters. The summed E-state index contributed by atoms with van der Waals surface area (Å²) in [6.07, 6.45) is 4.95. The Morgan fingerprint density at radius 1 is 1.18 bits per heavy atom. The number of likely N-dealkylation sites (tertiary alicyclic amines) is 2. The smallest absolute Gasteiger partial charge is 0.321 e. The van der Waals surface area contributed by atoms with Crippen LogP contribution in [0.15, 0.2) is 24.4 Å². The van der Waals surface area contributed by atoms with E-state index in [0.717, 1.165) is 43.5 Å². The Labute approximate surface area is 239 Å². The predicted molar refractivity (Wildman–Crippen MR) is 153 cm³/mol. The number of nitrogens with zero attached hydrogens (tertiary/aromatic N) is 5. The first-order chi connectivity index (χ1) is 18.7. The summed E-state index contributed by atoms with van der Waals surface area (Å²) >= 11 is 12.9. The van der Waals surface area contributed by atoms with Gasteiger partial charge in [0.25, 0.3) is 0 Å². The molecule has 1 aromatic carbocycles. The zero-order valence-electron chi connectivity index (χ0n) is 22.4. The number of carbonyl (C=O) groups is 2. The molecule has 0 aliphatic carbocycles. The van der Waals surface area contributed by atoms with Crippen LogP contribution in [0.1, 0.15) is 49.8 Å². The molecule has 0 saturated carbocycles. The minimum absolute atomic E-state index is 0.0513. The molecule has 5 rings (SSSR count). The van der Waals surface area contributed by atoms with Crippen LogP contribution in [0.2, 0.25) is 10.0 Å². The van der Waals surface area contributed by atoms with E-state index in [-0.39, 0.29) is 23.8 Å². The van der Waals surface area contributed by atoms with Crippen molar-refractivity contribution < 1.29 is 14.7 Å². The van der Waals surface area contributed by atoms with E-state index >= 15 is 0 Å². The van der Waals surface area contributed by atoms with Crippen molar-refractivity contribution in [3.05, 3.63) is 45.6 Å². The molecule has 4 heterocycles. The fourth-order valence-electron chi connectivity index (χ4n) is 6.20. The molecule has 0 bridgehead atoms. The van der Waals surface area contributed by atoms with Gasteiger partial charge in [0.1, 0.15) is 11.1 Å². The molecule has 2 N–H and O–H groups in total. The monoisotopic (exact) mass is 574 g/mol. The maximum Gasteiger partial charge on any atom is 0.321 e. The van der Waals surface area contributed by atoms with Crippen molar-refractivity contribution in [2.45, 2.75) is 51.6 Å². The minimum Gasteiger partial charge on any atom is -0.480 e. The van der Waals surface area contributed by atoms with Crippen LogP contribution >= 0.6 is 23.2 Å². The van der Waals surface area contributed by atoms with Crippen LogP contribution in [0.4, 0.5) is 11.8 Å². The Balaban J connectivity index is 1.22. The molecule has 3 fully saturated rings. The van der Waals surface area contributed by atoms with Gasteiger partial charge < -0.3 is 20.2 Å². The standard InChI is InChI=1S/C28H36Cl2N6O3/c1-17-7-8-20(22(29)13-17)18(2)32-26-23(30)14-31-28(33-26)36-15-19(16-36)21-5-3-10-35(25(21)27(38)39)12-11-34-9-4-6-24(34)37/h7-8,13-14,18-19,21,25H,3-6,9-12,15-16H2,1-2H3,(H,38,39)(H,31,32,33). The summed E-state index contributed by atoms with van der Waals surface area (Å²) in [5.74, 6) is 0.811. The van der Waals surface area contributed by atoms with Crippen LogP contribution in [-0.4, -0.2) is 82.1 Å². The van der Waals surface area contributed by atoms with Crippen LogP contribution in [-0.2, 0) is 9.59 Å². The van der Waals surface area contributed by atoms with Crippen molar-refractivity contribution in [2.75, 3.05) is 49.5 Å². The number of aromatic nitrogens is 2. The van der Waals surface area contributed by atoms with Gasteiger partial charge in [-0.3, -0.25) is 14.5 Å². The van der Waals surface area contributed by atoms with Gasteiger partial charge in [-0.25, -0.2) is 4.98 Å². The van der Waals surface area contributed by atoms with E-state index in [1.807, 2.05) is 36.9 Å². The van der Waals surface area contributed by atoms with Gasteiger partial charge in [0.05, 0.1) is 12.2 Å². The lowest BCUT2D eigenvalue weighted by molar-refractivity contribution is -0.149. The first-order valence-corrected chi connectivity index (χ1v) is 14.5. The number of anilines is 2. The fraction of sp³-hybridized carbons (Fsp3) is 0.571. The van der Waals surface area contributed by atoms with Crippen molar-refractivity contribution >= 4 is 46.8 Å². The van der Waals surface area contributed by atoms with Gasteiger partial charge in [0.2, 0.25) is 11.9 Å². The van der Waals surface area contributed by atoms with Crippen molar-refractivity contribution in [3.63, 3.8) is 0 Å². The van der Waals surface area contributed by atoms with Gasteiger partial charge in [0, 0.05) is 44.2 Å². The largest absolute Gasteiger partial charge is 0.480 e. The maximum atomic E-state index is 12.4. The number of carboxylic acid groups (broad SMARTS) is 1. The highest BCUT2D eigenvalue weighted by molar-refractivity contribution is 6.33. The number of piperidine rings is 1. The van der Waals surface area contributed by atoms with E-state index in [2.05, 4.69) is 20.1 Å². The molecule has 39 heavy (non-hydrogen) atoms. The molecular weight excluding hydrogens is 539 g/mol. The number of hydrogen-bond donors (Lipinski definition) is 2. The Hall–Kier alpha value is -2.62. The molecule has 3 unspecified atom stereocenters. The van der Waals surface area contributed by atoms with Gasteiger partial charge in [0.15, 0.2) is 5.82 Å². The topological polar surface area (TPSA) is 102 Å². The molecule has 1 amide bonds. The number of halogens is 2. The van der Waals surface area contributed by atoms with Crippen molar-refractivity contribution in [2.24, 2.45) is 11.8 Å². The molecule has 9 nitrogen and oxygen atoms in total. The lowest BCUT2D eigenvalue weighted by Gasteiger charge is -2.49. The number of rotatable bonds is 9. The van der Waals surface area contributed by atoms with E-state index in [1.54, 1.807) is 6.20 Å². The number of aliphatic carboxylic acids is 1. The van der Waals surface area contributed by atoms with Crippen LogP contribution in [0.3, 0.4) is 0 Å². The van der Waals surface area contributed by atoms with Crippen molar-refractivity contribution in [1.29, 1.82) is 0 Å². The number of nitrogens with one attached hydrogen (secondary N) is 1. The third-order valence-corrected chi connectivity index (χ3v) is 8.97. The van der Waals surface area contributed by atoms with Gasteiger partial charge in [-0.2, -0.15) is 4.98 Å². The number of carboxylic acids is 1. The SMILES string of the molecule is Cc1ccc(C(C)Nc2nc(N3CC(C4CCCN(CCN5CCCC5=O)C4C(=O)O)C3)ncc2Cl)c(Cl)c1. The third-order valence-electron chi connectivity index (χ3n) is 8.37. The second kappa shape index (κ2) is 11.9. The van der Waals surface area contributed by atoms with Gasteiger partial charge in [-0.15, -0.1) is 0 Å². The van der Waals surface area contributed by atoms with Crippen LogP contribution < -0.4 is 10.2 Å². The summed E-state index contributed by atoms with van der Waals surface area (Å²) in [6, 6.07) is 5.32. The molecule has 3 aliphatic rings. The molecule has 0 spiro atoms. The Morgan fingerprint density at radius 3 is 2.67 bits per heavy atom. The number of carbonyl (C=O) groups excluding carboxylic acids is 1. The average molecular weight is 576 g/mol. The summed E-state index contributed by atoms with van der Waals surface area (Å²) in [7, 11) is 0.